The zero-order chi connectivity index (χ0) is 14.4. The van der Waals surface area contributed by atoms with Crippen molar-refractivity contribution in [1.82, 2.24) is 9.80 Å². The maximum atomic E-state index is 5.27. The average Bonchev–Trinajstić information content (AvgIpc) is 2.45. The minimum Gasteiger partial charge on any atom is -0.383 e. The van der Waals surface area contributed by atoms with Crippen LogP contribution < -0.4 is 5.32 Å². The molecule has 1 heterocycles. The summed E-state index contributed by atoms with van der Waals surface area (Å²) in [5, 5.41) is 3.53. The fourth-order valence-corrected chi connectivity index (χ4v) is 2.92. The Morgan fingerprint density at radius 2 is 2.00 bits per heavy atom. The van der Waals surface area contributed by atoms with Crippen molar-refractivity contribution in [2.75, 3.05) is 58.7 Å². The third-order valence-electron chi connectivity index (χ3n) is 3.75. The number of nitrogens with zero attached hydrogens (tertiary/aromatic N) is 2. The van der Waals surface area contributed by atoms with Gasteiger partial charge in [-0.15, -0.1) is 0 Å². The van der Waals surface area contributed by atoms with Crippen molar-refractivity contribution in [2.45, 2.75) is 6.61 Å². The molecule has 0 unspecified atom stereocenters. The molecule has 0 atom stereocenters. The summed E-state index contributed by atoms with van der Waals surface area (Å²) < 4.78 is 6.37. The smallest absolute Gasteiger partial charge is 0.0744 e. The Kier molecular flexibility index (Phi) is 6.29. The largest absolute Gasteiger partial charge is 0.383 e. The molecule has 0 bridgehead atoms. The van der Waals surface area contributed by atoms with Gasteiger partial charge < -0.3 is 15.0 Å². The highest BCUT2D eigenvalue weighted by Gasteiger charge is 2.13. The zero-order valence-electron chi connectivity index (χ0n) is 12.4. The van der Waals surface area contributed by atoms with E-state index in [-0.39, 0.29) is 0 Å². The molecule has 0 saturated carbocycles. The van der Waals surface area contributed by atoms with Crippen molar-refractivity contribution in [2.24, 2.45) is 0 Å². The Morgan fingerprint density at radius 3 is 2.70 bits per heavy atom. The van der Waals surface area contributed by atoms with Gasteiger partial charge in [-0.05, 0) is 19.2 Å². The van der Waals surface area contributed by atoms with Gasteiger partial charge in [0, 0.05) is 62.1 Å². The summed E-state index contributed by atoms with van der Waals surface area (Å²) in [6, 6.07) is 6.23. The molecule has 0 spiro atoms. The van der Waals surface area contributed by atoms with E-state index in [2.05, 4.69) is 56.3 Å². The summed E-state index contributed by atoms with van der Waals surface area (Å²) in [6.07, 6.45) is 0. The molecule has 1 fully saturated rings. The minimum atomic E-state index is 0.623. The molecule has 112 valence electrons. The lowest BCUT2D eigenvalue weighted by Crippen LogP contribution is -2.45. The monoisotopic (exact) mass is 341 g/mol. The van der Waals surface area contributed by atoms with Gasteiger partial charge in [0.25, 0.3) is 0 Å². The quantitative estimate of drug-likeness (QED) is 0.858. The van der Waals surface area contributed by atoms with E-state index in [0.29, 0.717) is 6.61 Å². The van der Waals surface area contributed by atoms with E-state index in [1.54, 1.807) is 7.11 Å². The van der Waals surface area contributed by atoms with Crippen LogP contribution in [0.1, 0.15) is 5.56 Å². The first-order chi connectivity index (χ1) is 9.70. The van der Waals surface area contributed by atoms with Gasteiger partial charge in [0.2, 0.25) is 0 Å². The molecule has 0 aliphatic carbocycles. The molecular weight excluding hydrogens is 318 g/mol. The lowest BCUT2D eigenvalue weighted by atomic mass is 10.2. The molecule has 2 rings (SSSR count). The summed E-state index contributed by atoms with van der Waals surface area (Å²) in [6.45, 7) is 7.36. The van der Waals surface area contributed by atoms with Crippen LogP contribution in [0.25, 0.3) is 0 Å². The maximum absolute atomic E-state index is 5.27. The van der Waals surface area contributed by atoms with Crippen molar-refractivity contribution >= 4 is 21.6 Å². The Balaban J connectivity index is 1.83. The van der Waals surface area contributed by atoms with Crippen LogP contribution in [0.2, 0.25) is 0 Å². The number of likely N-dealkylation sites (N-methyl/N-ethyl adjacent to an activating group) is 1. The van der Waals surface area contributed by atoms with Gasteiger partial charge >= 0.3 is 0 Å². The van der Waals surface area contributed by atoms with Gasteiger partial charge in [-0.1, -0.05) is 22.0 Å². The van der Waals surface area contributed by atoms with E-state index in [0.717, 1.165) is 23.2 Å². The van der Waals surface area contributed by atoms with Crippen LogP contribution >= 0.6 is 15.9 Å². The number of nitrogens with one attached hydrogen (secondary N) is 1. The number of piperazine rings is 1. The summed E-state index contributed by atoms with van der Waals surface area (Å²) in [4.78, 5) is 4.90. The Hall–Kier alpha value is -0.620. The lowest BCUT2D eigenvalue weighted by Gasteiger charge is -2.32. The summed E-state index contributed by atoms with van der Waals surface area (Å²) >= 11 is 3.59. The number of hydrogen-bond donors (Lipinski definition) is 1. The Bertz CT molecular complexity index is 420. The van der Waals surface area contributed by atoms with E-state index in [4.69, 9.17) is 4.74 Å². The lowest BCUT2D eigenvalue weighted by molar-refractivity contribution is 0.158. The highest BCUT2D eigenvalue weighted by molar-refractivity contribution is 9.10. The van der Waals surface area contributed by atoms with Crippen LogP contribution in [-0.2, 0) is 11.3 Å². The van der Waals surface area contributed by atoms with Crippen molar-refractivity contribution in [1.29, 1.82) is 0 Å². The number of ether oxygens (including phenoxy) is 1. The number of halogens is 1. The second-order valence-corrected chi connectivity index (χ2v) is 6.12. The maximum Gasteiger partial charge on any atom is 0.0744 e. The van der Waals surface area contributed by atoms with Crippen LogP contribution in [0.3, 0.4) is 0 Å². The molecule has 20 heavy (non-hydrogen) atoms. The number of hydrogen-bond acceptors (Lipinski definition) is 4. The second-order valence-electron chi connectivity index (χ2n) is 5.27. The first-order valence-corrected chi connectivity index (χ1v) is 7.91. The number of methoxy groups -OCH3 is 1. The molecule has 1 aromatic rings. The van der Waals surface area contributed by atoms with Gasteiger partial charge in [0.1, 0.15) is 0 Å². The molecule has 5 heteroatoms. The van der Waals surface area contributed by atoms with Crippen LogP contribution in [0.15, 0.2) is 22.7 Å². The Labute approximate surface area is 130 Å². The highest BCUT2D eigenvalue weighted by atomic mass is 79.9. The third-order valence-corrected chi connectivity index (χ3v) is 4.49. The number of anilines is 1. The van der Waals surface area contributed by atoms with Gasteiger partial charge in [0.15, 0.2) is 0 Å². The fraction of sp³-hybridized carbons (Fsp3) is 0.600. The van der Waals surface area contributed by atoms with Crippen LogP contribution in [0.4, 0.5) is 5.69 Å². The Morgan fingerprint density at radius 1 is 1.25 bits per heavy atom. The molecular formula is C15H24BrN3O. The zero-order valence-corrected chi connectivity index (χ0v) is 13.9. The van der Waals surface area contributed by atoms with E-state index in [1.807, 2.05) is 0 Å². The van der Waals surface area contributed by atoms with Gasteiger partial charge in [-0.3, -0.25) is 4.90 Å². The van der Waals surface area contributed by atoms with Crippen molar-refractivity contribution in [3.05, 3.63) is 28.2 Å². The molecule has 0 radical (unpaired) electrons. The third kappa shape index (κ3) is 4.45. The van der Waals surface area contributed by atoms with Crippen LogP contribution in [-0.4, -0.2) is 63.2 Å². The summed E-state index contributed by atoms with van der Waals surface area (Å²) in [5.74, 6) is 0. The molecule has 1 aliphatic rings. The first-order valence-electron chi connectivity index (χ1n) is 7.12. The van der Waals surface area contributed by atoms with Gasteiger partial charge in [-0.25, -0.2) is 0 Å². The molecule has 4 nitrogen and oxygen atoms in total. The molecule has 1 saturated heterocycles. The molecule has 1 aromatic carbocycles. The van der Waals surface area contributed by atoms with Crippen LogP contribution in [0, 0.1) is 0 Å². The van der Waals surface area contributed by atoms with Crippen molar-refractivity contribution in [3.63, 3.8) is 0 Å². The van der Waals surface area contributed by atoms with Gasteiger partial charge in [-0.2, -0.15) is 0 Å². The van der Waals surface area contributed by atoms with E-state index < -0.39 is 0 Å². The SMILES string of the molecule is COCc1c(Br)cccc1NCCN1CCN(C)CC1. The first kappa shape index (κ1) is 15.8. The normalized spacial score (nSPS) is 17.4. The van der Waals surface area contributed by atoms with E-state index in [9.17, 15) is 0 Å². The molecule has 0 aromatic heterocycles. The topological polar surface area (TPSA) is 27.7 Å². The highest BCUT2D eigenvalue weighted by Crippen LogP contribution is 2.25. The molecule has 1 N–H and O–H groups in total. The predicted octanol–water partition coefficient (Wildman–Crippen LogP) is 2.25. The molecule has 0 amide bonds. The molecule has 1 aliphatic heterocycles. The van der Waals surface area contributed by atoms with E-state index >= 15 is 0 Å². The summed E-state index contributed by atoms with van der Waals surface area (Å²) in [7, 11) is 3.92. The predicted molar refractivity (Wildman–Crippen MR) is 87.3 cm³/mol. The van der Waals surface area contributed by atoms with Crippen molar-refractivity contribution in [3.8, 4) is 0 Å². The minimum absolute atomic E-state index is 0.623. The fourth-order valence-electron chi connectivity index (χ4n) is 2.44. The second kappa shape index (κ2) is 7.98. The van der Waals surface area contributed by atoms with Crippen LogP contribution in [0.5, 0.6) is 0 Å². The van der Waals surface area contributed by atoms with E-state index in [1.165, 1.54) is 31.7 Å². The van der Waals surface area contributed by atoms with Gasteiger partial charge in [0.05, 0.1) is 6.61 Å². The number of rotatable bonds is 6. The standard InChI is InChI=1S/C15H24BrN3O/c1-18-8-10-19(11-9-18)7-6-17-15-5-3-4-14(16)13(15)12-20-2/h3-5,17H,6-12H2,1-2H3. The summed E-state index contributed by atoms with van der Waals surface area (Å²) in [5.41, 5.74) is 2.35. The average molecular weight is 342 g/mol. The number of benzene rings is 1. The van der Waals surface area contributed by atoms with Crippen molar-refractivity contribution < 1.29 is 4.74 Å².